The van der Waals surface area contributed by atoms with E-state index >= 15 is 0 Å². The summed E-state index contributed by atoms with van der Waals surface area (Å²) in [6, 6.07) is 7.04. The Morgan fingerprint density at radius 1 is 1.13 bits per heavy atom. The lowest BCUT2D eigenvalue weighted by Crippen LogP contribution is -2.26. The second-order valence-electron chi connectivity index (χ2n) is 4.86. The molecular formula is C16H13F3N2O2. The number of pyridine rings is 1. The highest BCUT2D eigenvalue weighted by molar-refractivity contribution is 6.13. The number of aromatic nitrogens is 1. The molecule has 0 bridgehead atoms. The first-order valence-corrected chi connectivity index (χ1v) is 6.63. The molecule has 0 aliphatic rings. The smallest absolute Gasteiger partial charge is 0.300 e. The quantitative estimate of drug-likeness (QED) is 0.815. The van der Waals surface area contributed by atoms with Crippen LogP contribution >= 0.6 is 0 Å². The molecule has 1 aromatic heterocycles. The Kier molecular flexibility index (Phi) is 4.49. The van der Waals surface area contributed by atoms with E-state index in [4.69, 9.17) is 0 Å². The normalized spacial score (nSPS) is 11.2. The molecule has 2 aromatic rings. The number of hydrogen-bond donors (Lipinski definition) is 0. The van der Waals surface area contributed by atoms with Gasteiger partial charge in [0.25, 0.3) is 0 Å². The van der Waals surface area contributed by atoms with Crippen molar-refractivity contribution in [3.8, 4) is 0 Å². The van der Waals surface area contributed by atoms with Gasteiger partial charge in [-0.25, -0.2) is 4.98 Å². The van der Waals surface area contributed by atoms with Gasteiger partial charge in [0.1, 0.15) is 5.82 Å². The largest absolute Gasteiger partial charge is 0.416 e. The molecule has 0 unspecified atom stereocenters. The van der Waals surface area contributed by atoms with Gasteiger partial charge in [-0.3, -0.25) is 14.5 Å². The highest BCUT2D eigenvalue weighted by Gasteiger charge is 2.31. The van der Waals surface area contributed by atoms with Crippen LogP contribution in [0.1, 0.15) is 28.4 Å². The van der Waals surface area contributed by atoms with E-state index in [1.807, 2.05) is 0 Å². The van der Waals surface area contributed by atoms with Gasteiger partial charge in [0.05, 0.1) is 11.1 Å². The Morgan fingerprint density at radius 3 is 2.43 bits per heavy atom. The highest BCUT2D eigenvalue weighted by atomic mass is 19.4. The Balaban J connectivity index is 2.48. The van der Waals surface area contributed by atoms with Crippen LogP contribution in [0.4, 0.5) is 19.0 Å². The Morgan fingerprint density at radius 2 is 1.83 bits per heavy atom. The van der Waals surface area contributed by atoms with Crippen LogP contribution in [0.5, 0.6) is 0 Å². The van der Waals surface area contributed by atoms with Crippen molar-refractivity contribution in [2.75, 3.05) is 11.9 Å². The second kappa shape index (κ2) is 6.20. The molecule has 2 rings (SSSR count). The Labute approximate surface area is 130 Å². The van der Waals surface area contributed by atoms with Gasteiger partial charge < -0.3 is 0 Å². The van der Waals surface area contributed by atoms with Crippen molar-refractivity contribution in [2.24, 2.45) is 0 Å². The molecule has 0 radical (unpaired) electrons. The number of nitrogens with zero attached hydrogens (tertiary/aromatic N) is 2. The van der Waals surface area contributed by atoms with E-state index in [0.717, 1.165) is 12.1 Å². The lowest BCUT2D eigenvalue weighted by atomic mass is 10.0. The number of carbonyl (C=O) groups is 2. The number of halogens is 3. The number of amides is 1. The third-order valence-corrected chi connectivity index (χ3v) is 3.27. The summed E-state index contributed by atoms with van der Waals surface area (Å²) in [6.07, 6.45) is -3.14. The van der Waals surface area contributed by atoms with Crippen LogP contribution in [0.3, 0.4) is 0 Å². The van der Waals surface area contributed by atoms with Gasteiger partial charge >= 0.3 is 6.18 Å². The van der Waals surface area contributed by atoms with Gasteiger partial charge in [-0.15, -0.1) is 0 Å². The van der Waals surface area contributed by atoms with E-state index in [1.165, 1.54) is 49.3 Å². The molecule has 0 spiro atoms. The molecule has 4 nitrogen and oxygen atoms in total. The van der Waals surface area contributed by atoms with Crippen LogP contribution in [0, 0.1) is 0 Å². The Hall–Kier alpha value is -2.70. The Bertz CT molecular complexity index is 757. The summed E-state index contributed by atoms with van der Waals surface area (Å²) < 4.78 is 38.3. The minimum atomic E-state index is -4.54. The molecule has 1 amide bonds. The molecule has 7 heteroatoms. The van der Waals surface area contributed by atoms with Crippen LogP contribution < -0.4 is 4.90 Å². The van der Waals surface area contributed by atoms with Crippen molar-refractivity contribution in [2.45, 2.75) is 13.1 Å². The number of rotatable bonds is 3. The molecule has 120 valence electrons. The number of hydrogen-bond acceptors (Lipinski definition) is 3. The molecule has 0 N–H and O–H groups in total. The predicted octanol–water partition coefficient (Wildman–Crippen LogP) is 3.31. The van der Waals surface area contributed by atoms with Crippen molar-refractivity contribution < 1.29 is 22.8 Å². The summed E-state index contributed by atoms with van der Waals surface area (Å²) in [5.74, 6) is -0.878. The molecule has 1 heterocycles. The van der Waals surface area contributed by atoms with Crippen molar-refractivity contribution in [1.29, 1.82) is 0 Å². The first-order valence-electron chi connectivity index (χ1n) is 6.63. The maximum absolute atomic E-state index is 12.8. The zero-order chi connectivity index (χ0) is 17.2. The van der Waals surface area contributed by atoms with Crippen LogP contribution in [0.15, 0.2) is 42.6 Å². The lowest BCUT2D eigenvalue weighted by Gasteiger charge is -2.17. The van der Waals surface area contributed by atoms with E-state index in [0.29, 0.717) is 0 Å². The lowest BCUT2D eigenvalue weighted by molar-refractivity contribution is -0.137. The standard InChI is InChI=1S/C16H13F3N2O2/c1-10(22)21(2)15-13(7-4-8-20-15)14(23)11-5-3-6-12(9-11)16(17,18)19/h3-9H,1-2H3. The summed E-state index contributed by atoms with van der Waals surface area (Å²) in [5.41, 5.74) is -0.968. The van der Waals surface area contributed by atoms with E-state index in [1.54, 1.807) is 0 Å². The van der Waals surface area contributed by atoms with E-state index in [9.17, 15) is 22.8 Å². The fraction of sp³-hybridized carbons (Fsp3) is 0.188. The maximum atomic E-state index is 12.8. The van der Waals surface area contributed by atoms with Gasteiger partial charge in [-0.05, 0) is 24.3 Å². The van der Waals surface area contributed by atoms with Gasteiger partial charge in [0.2, 0.25) is 5.91 Å². The molecule has 0 saturated carbocycles. The van der Waals surface area contributed by atoms with Crippen molar-refractivity contribution >= 4 is 17.5 Å². The first kappa shape index (κ1) is 16.7. The van der Waals surface area contributed by atoms with Gasteiger partial charge in [-0.2, -0.15) is 13.2 Å². The highest BCUT2D eigenvalue weighted by Crippen LogP contribution is 2.30. The zero-order valence-corrected chi connectivity index (χ0v) is 12.4. The fourth-order valence-electron chi connectivity index (χ4n) is 1.98. The number of benzene rings is 1. The number of ketones is 1. The maximum Gasteiger partial charge on any atom is 0.416 e. The fourth-order valence-corrected chi connectivity index (χ4v) is 1.98. The topological polar surface area (TPSA) is 50.3 Å². The van der Waals surface area contributed by atoms with E-state index in [2.05, 4.69) is 4.98 Å². The molecule has 0 atom stereocenters. The van der Waals surface area contributed by atoms with Crippen LogP contribution in [0.2, 0.25) is 0 Å². The summed E-state index contributed by atoms with van der Waals surface area (Å²) in [7, 11) is 1.44. The van der Waals surface area contributed by atoms with Crippen LogP contribution in [-0.2, 0) is 11.0 Å². The molecule has 0 aliphatic heterocycles. The van der Waals surface area contributed by atoms with E-state index < -0.39 is 17.5 Å². The van der Waals surface area contributed by atoms with Crippen LogP contribution in [0.25, 0.3) is 0 Å². The van der Waals surface area contributed by atoms with Crippen LogP contribution in [-0.4, -0.2) is 23.7 Å². The summed E-state index contributed by atoms with van der Waals surface area (Å²) in [5, 5.41) is 0. The number of alkyl halides is 3. The molecule has 23 heavy (non-hydrogen) atoms. The van der Waals surface area contributed by atoms with Crippen molar-refractivity contribution in [3.05, 3.63) is 59.3 Å². The molecule has 0 fully saturated rings. The minimum Gasteiger partial charge on any atom is -0.300 e. The first-order chi connectivity index (χ1) is 10.7. The second-order valence-corrected chi connectivity index (χ2v) is 4.86. The van der Waals surface area contributed by atoms with Crippen molar-refractivity contribution in [1.82, 2.24) is 4.98 Å². The van der Waals surface area contributed by atoms with Gasteiger partial charge in [0, 0.05) is 25.7 Å². The molecular weight excluding hydrogens is 309 g/mol. The van der Waals surface area contributed by atoms with E-state index in [-0.39, 0.29) is 22.9 Å². The SMILES string of the molecule is CC(=O)N(C)c1ncccc1C(=O)c1cccc(C(F)(F)F)c1. The van der Waals surface area contributed by atoms with Gasteiger partial charge in [0.15, 0.2) is 5.78 Å². The number of anilines is 1. The average molecular weight is 322 g/mol. The van der Waals surface area contributed by atoms with Crippen molar-refractivity contribution in [3.63, 3.8) is 0 Å². The molecule has 0 saturated heterocycles. The molecule has 1 aromatic carbocycles. The number of carbonyl (C=O) groups excluding carboxylic acids is 2. The summed E-state index contributed by atoms with van der Waals surface area (Å²) >= 11 is 0. The monoisotopic (exact) mass is 322 g/mol. The zero-order valence-electron chi connectivity index (χ0n) is 12.4. The summed E-state index contributed by atoms with van der Waals surface area (Å²) in [4.78, 5) is 29.1. The predicted molar refractivity (Wildman–Crippen MR) is 78.2 cm³/mol. The third kappa shape index (κ3) is 3.56. The average Bonchev–Trinajstić information content (AvgIpc) is 2.52. The third-order valence-electron chi connectivity index (χ3n) is 3.27. The molecule has 0 aliphatic carbocycles. The van der Waals surface area contributed by atoms with Gasteiger partial charge in [-0.1, -0.05) is 12.1 Å². The summed E-state index contributed by atoms with van der Waals surface area (Å²) in [6.45, 7) is 1.30. The minimum absolute atomic E-state index is 0.0597.